The number of carbonyl (C=O) groups excluding carboxylic acids is 2. The van der Waals surface area contributed by atoms with Crippen LogP contribution in [0.4, 0.5) is 0 Å². The van der Waals surface area contributed by atoms with Gasteiger partial charge in [0.05, 0.1) is 4.47 Å². The van der Waals surface area contributed by atoms with Crippen molar-refractivity contribution in [3.63, 3.8) is 0 Å². The number of hydrogen-bond donors (Lipinski definition) is 1. The predicted molar refractivity (Wildman–Crippen MR) is 114 cm³/mol. The van der Waals surface area contributed by atoms with E-state index in [1.807, 2.05) is 48.5 Å². The Morgan fingerprint density at radius 1 is 1.00 bits per heavy atom. The summed E-state index contributed by atoms with van der Waals surface area (Å²) in [4.78, 5) is 25.0. The predicted octanol–water partition coefficient (Wildman–Crippen LogP) is 4.54. The van der Waals surface area contributed by atoms with Gasteiger partial charge in [-0.25, -0.2) is 4.79 Å². The first kappa shape index (κ1) is 19.5. The van der Waals surface area contributed by atoms with Gasteiger partial charge in [-0.1, -0.05) is 60.7 Å². The first-order valence-electron chi connectivity index (χ1n) is 9.46. The number of ether oxygens (including phenoxy) is 2. The molecule has 0 spiro atoms. The molecule has 0 aromatic heterocycles. The maximum Gasteiger partial charge on any atom is 0.345 e. The van der Waals surface area contributed by atoms with Crippen LogP contribution in [0, 0.1) is 0 Å². The van der Waals surface area contributed by atoms with Gasteiger partial charge in [0, 0.05) is 11.6 Å². The third kappa shape index (κ3) is 4.77. The highest BCUT2D eigenvalue weighted by Crippen LogP contribution is 2.33. The van der Waals surface area contributed by atoms with Gasteiger partial charge in [0.25, 0.3) is 5.91 Å². The first-order chi connectivity index (χ1) is 14.1. The van der Waals surface area contributed by atoms with E-state index in [-0.39, 0.29) is 18.6 Å². The lowest BCUT2D eigenvalue weighted by atomic mass is 10.1. The van der Waals surface area contributed by atoms with E-state index in [1.54, 1.807) is 18.2 Å². The molecule has 5 nitrogen and oxygen atoms in total. The summed E-state index contributed by atoms with van der Waals surface area (Å²) < 4.78 is 11.9. The van der Waals surface area contributed by atoms with Gasteiger partial charge in [-0.05, 0) is 45.6 Å². The van der Waals surface area contributed by atoms with Crippen molar-refractivity contribution in [2.75, 3.05) is 6.61 Å². The molecule has 1 atom stereocenters. The third-order valence-electron chi connectivity index (χ3n) is 4.69. The van der Waals surface area contributed by atoms with E-state index in [4.69, 9.17) is 9.47 Å². The lowest BCUT2D eigenvalue weighted by Crippen LogP contribution is -2.34. The fourth-order valence-electron chi connectivity index (χ4n) is 3.03. The van der Waals surface area contributed by atoms with E-state index in [9.17, 15) is 9.59 Å². The van der Waals surface area contributed by atoms with Crippen molar-refractivity contribution in [1.29, 1.82) is 0 Å². The number of fused-ring (bicyclic) bond motifs is 1. The zero-order chi connectivity index (χ0) is 20.2. The largest absolute Gasteiger partial charge is 0.481 e. The zero-order valence-corrected chi connectivity index (χ0v) is 17.2. The van der Waals surface area contributed by atoms with Crippen molar-refractivity contribution in [3.05, 3.63) is 76.8 Å². The fourth-order valence-corrected chi connectivity index (χ4v) is 3.64. The highest BCUT2D eigenvalue weighted by Gasteiger charge is 2.30. The van der Waals surface area contributed by atoms with Crippen molar-refractivity contribution in [1.82, 2.24) is 5.32 Å². The molecule has 1 aliphatic rings. The molecule has 1 fully saturated rings. The van der Waals surface area contributed by atoms with Gasteiger partial charge in [-0.15, -0.1) is 0 Å². The minimum atomic E-state index is -0.993. The number of carbonyl (C=O) groups is 2. The van der Waals surface area contributed by atoms with Crippen LogP contribution < -0.4 is 10.1 Å². The van der Waals surface area contributed by atoms with Crippen molar-refractivity contribution in [3.8, 4) is 5.75 Å². The molecule has 0 bridgehead atoms. The SMILES string of the molecule is O=C(COc1ccc2ccccc2c1Br)O[C@H](C(=O)NC1CC1)c1ccccc1. The van der Waals surface area contributed by atoms with Crippen LogP contribution in [0.3, 0.4) is 0 Å². The lowest BCUT2D eigenvalue weighted by molar-refractivity contribution is -0.158. The Bertz CT molecular complexity index is 1030. The summed E-state index contributed by atoms with van der Waals surface area (Å²) in [6, 6.07) is 20.8. The molecule has 1 aliphatic carbocycles. The van der Waals surface area contributed by atoms with Crippen LogP contribution in [-0.2, 0) is 14.3 Å². The van der Waals surface area contributed by atoms with Gasteiger partial charge in [0.2, 0.25) is 6.10 Å². The number of amides is 1. The smallest absolute Gasteiger partial charge is 0.345 e. The molecule has 1 amide bonds. The average molecular weight is 454 g/mol. The average Bonchev–Trinajstić information content (AvgIpc) is 3.56. The van der Waals surface area contributed by atoms with Gasteiger partial charge >= 0.3 is 5.97 Å². The molecule has 29 heavy (non-hydrogen) atoms. The van der Waals surface area contributed by atoms with Gasteiger partial charge in [0.15, 0.2) is 6.61 Å². The van der Waals surface area contributed by atoms with E-state index in [0.29, 0.717) is 11.3 Å². The van der Waals surface area contributed by atoms with Crippen LogP contribution in [0.2, 0.25) is 0 Å². The van der Waals surface area contributed by atoms with Crippen LogP contribution >= 0.6 is 15.9 Å². The van der Waals surface area contributed by atoms with Crippen molar-refractivity contribution in [2.45, 2.75) is 25.0 Å². The molecule has 1 saturated carbocycles. The number of rotatable bonds is 7. The van der Waals surface area contributed by atoms with Crippen LogP contribution in [-0.4, -0.2) is 24.5 Å². The Morgan fingerprint density at radius 3 is 2.48 bits per heavy atom. The Labute approximate surface area is 177 Å². The number of hydrogen-bond acceptors (Lipinski definition) is 4. The minimum absolute atomic E-state index is 0.178. The Morgan fingerprint density at radius 2 is 1.72 bits per heavy atom. The highest BCUT2D eigenvalue weighted by molar-refractivity contribution is 9.10. The van der Waals surface area contributed by atoms with Gasteiger partial charge < -0.3 is 14.8 Å². The van der Waals surface area contributed by atoms with Crippen LogP contribution in [0.15, 0.2) is 71.2 Å². The topological polar surface area (TPSA) is 64.6 Å². The molecule has 0 heterocycles. The van der Waals surface area contributed by atoms with Gasteiger partial charge in [0.1, 0.15) is 5.75 Å². The van der Waals surface area contributed by atoms with Gasteiger partial charge in [-0.2, -0.15) is 0 Å². The maximum atomic E-state index is 12.6. The van der Waals surface area contributed by atoms with Crippen molar-refractivity contribution in [2.24, 2.45) is 0 Å². The normalized spacial score (nSPS) is 14.2. The summed E-state index contributed by atoms with van der Waals surface area (Å²) >= 11 is 3.54. The summed E-state index contributed by atoms with van der Waals surface area (Å²) in [5.41, 5.74) is 0.630. The molecule has 148 valence electrons. The van der Waals surface area contributed by atoms with Crippen LogP contribution in [0.25, 0.3) is 10.8 Å². The lowest BCUT2D eigenvalue weighted by Gasteiger charge is -2.18. The monoisotopic (exact) mass is 453 g/mol. The molecule has 0 aliphatic heterocycles. The second-order valence-corrected chi connectivity index (χ2v) is 7.74. The Hall–Kier alpha value is -2.86. The molecule has 0 radical (unpaired) electrons. The van der Waals surface area contributed by atoms with E-state index in [2.05, 4.69) is 21.2 Å². The van der Waals surface area contributed by atoms with E-state index in [1.165, 1.54) is 0 Å². The molecule has 0 saturated heterocycles. The summed E-state index contributed by atoms with van der Waals surface area (Å²) in [5, 5.41) is 4.95. The molecule has 0 unspecified atom stereocenters. The Kier molecular flexibility index (Phi) is 5.81. The van der Waals surface area contributed by atoms with Crippen LogP contribution in [0.5, 0.6) is 5.75 Å². The third-order valence-corrected chi connectivity index (χ3v) is 5.50. The zero-order valence-electron chi connectivity index (χ0n) is 15.6. The number of benzene rings is 3. The highest BCUT2D eigenvalue weighted by atomic mass is 79.9. The van der Waals surface area contributed by atoms with E-state index in [0.717, 1.165) is 28.1 Å². The maximum absolute atomic E-state index is 12.6. The molecular weight excluding hydrogens is 434 g/mol. The van der Waals surface area contributed by atoms with Gasteiger partial charge in [-0.3, -0.25) is 4.79 Å². The quantitative estimate of drug-likeness (QED) is 0.533. The second-order valence-electron chi connectivity index (χ2n) is 6.95. The summed E-state index contributed by atoms with van der Waals surface area (Å²) in [6.45, 7) is -0.295. The molecule has 1 N–H and O–H groups in total. The number of esters is 1. The molecule has 3 aromatic carbocycles. The second kappa shape index (κ2) is 8.66. The first-order valence-corrected chi connectivity index (χ1v) is 10.3. The summed E-state index contributed by atoms with van der Waals surface area (Å²) in [6.07, 6.45) is 0.925. The Balaban J connectivity index is 1.44. The number of halogens is 1. The molecule has 3 aromatic rings. The van der Waals surface area contributed by atoms with E-state index >= 15 is 0 Å². The number of nitrogens with one attached hydrogen (secondary N) is 1. The summed E-state index contributed by atoms with van der Waals surface area (Å²) in [5.74, 6) is -0.372. The van der Waals surface area contributed by atoms with Crippen LogP contribution in [0.1, 0.15) is 24.5 Å². The minimum Gasteiger partial charge on any atom is -0.481 e. The van der Waals surface area contributed by atoms with Crippen molar-refractivity contribution >= 4 is 38.6 Å². The fraction of sp³-hybridized carbons (Fsp3) is 0.217. The molecule has 4 rings (SSSR count). The molecule has 6 heteroatoms. The van der Waals surface area contributed by atoms with Crippen molar-refractivity contribution < 1.29 is 19.1 Å². The molecular formula is C23H20BrNO4. The van der Waals surface area contributed by atoms with E-state index < -0.39 is 12.1 Å². The summed E-state index contributed by atoms with van der Waals surface area (Å²) in [7, 11) is 0. The standard InChI is InChI=1S/C23H20BrNO4/c24-21-18-9-5-4-6-15(18)10-13-19(21)28-14-20(26)29-22(16-7-2-1-3-8-16)23(27)25-17-11-12-17/h1-10,13,17,22H,11-12,14H2,(H,25,27)/t22-/m0/s1.